The fourth-order valence-electron chi connectivity index (χ4n) is 5.63. The van der Waals surface area contributed by atoms with E-state index in [-0.39, 0.29) is 77.9 Å². The van der Waals surface area contributed by atoms with Crippen molar-refractivity contribution in [1.29, 1.82) is 0 Å². The highest BCUT2D eigenvalue weighted by Crippen LogP contribution is 2.28. The number of hydrogen-bond acceptors (Lipinski definition) is 11. The fraction of sp³-hybridized carbons (Fsp3) is 0.455. The van der Waals surface area contributed by atoms with Crippen molar-refractivity contribution in [3.63, 3.8) is 0 Å². The summed E-state index contributed by atoms with van der Waals surface area (Å²) < 4.78 is 34.0. The third kappa shape index (κ3) is 9.17. The molecule has 4 bridgehead atoms. The number of aromatic nitrogens is 3. The molecular formula is C33H41N7O6S3. The smallest absolute Gasteiger partial charge is 0.271 e. The summed E-state index contributed by atoms with van der Waals surface area (Å²) >= 11 is 2.57. The molecule has 0 aliphatic carbocycles. The van der Waals surface area contributed by atoms with Crippen LogP contribution in [0.15, 0.2) is 50.5 Å². The van der Waals surface area contributed by atoms with Gasteiger partial charge in [-0.3, -0.25) is 14.4 Å². The molecule has 49 heavy (non-hydrogen) atoms. The van der Waals surface area contributed by atoms with E-state index in [9.17, 15) is 22.8 Å². The van der Waals surface area contributed by atoms with Gasteiger partial charge in [0.05, 0.1) is 12.1 Å². The Labute approximate surface area is 294 Å². The maximum Gasteiger partial charge on any atom is 0.271 e. The number of amides is 3. The summed E-state index contributed by atoms with van der Waals surface area (Å²) in [6, 6.07) is 8.72. The quantitative estimate of drug-likeness (QED) is 0.254. The molecule has 13 nitrogen and oxygen atoms in total. The van der Waals surface area contributed by atoms with E-state index < -0.39 is 28.0 Å². The molecule has 16 heteroatoms. The number of fused-ring (bicyclic) bond motifs is 4. The van der Waals surface area contributed by atoms with Crippen molar-refractivity contribution in [2.45, 2.75) is 76.8 Å². The van der Waals surface area contributed by atoms with Gasteiger partial charge in [0.15, 0.2) is 5.76 Å². The average molecular weight is 728 g/mol. The lowest BCUT2D eigenvalue weighted by molar-refractivity contribution is -0.122. The van der Waals surface area contributed by atoms with Crippen LogP contribution in [0.25, 0.3) is 0 Å². The third-order valence-electron chi connectivity index (χ3n) is 7.98. The number of carbonyl (C=O) groups is 3. The molecule has 3 amide bonds. The van der Waals surface area contributed by atoms with Crippen LogP contribution in [0.4, 0.5) is 0 Å². The summed E-state index contributed by atoms with van der Waals surface area (Å²) in [6.45, 7) is 7.56. The summed E-state index contributed by atoms with van der Waals surface area (Å²) in [7, 11) is -4.00. The van der Waals surface area contributed by atoms with E-state index in [1.807, 2.05) is 44.2 Å². The van der Waals surface area contributed by atoms with E-state index >= 15 is 0 Å². The van der Waals surface area contributed by atoms with Crippen molar-refractivity contribution < 1.29 is 27.3 Å². The SMILES string of the molecule is Cc1noc(C)c1S(=O)(=O)N1CCCNC(=O)c2csc(n2)[C@H](Cc2ccccc2)NC(=O)c2csc(n2)[C@H](CC(C)C)NC(=O)CCC1. The summed E-state index contributed by atoms with van der Waals surface area (Å²) in [5.41, 5.74) is 1.66. The number of nitrogens with zero attached hydrogens (tertiary/aromatic N) is 4. The highest BCUT2D eigenvalue weighted by atomic mass is 32.2. The van der Waals surface area contributed by atoms with Gasteiger partial charge in [-0.2, -0.15) is 4.31 Å². The second-order valence-corrected chi connectivity index (χ2v) is 16.0. The molecule has 2 atom stereocenters. The van der Waals surface area contributed by atoms with Crippen LogP contribution in [0.2, 0.25) is 0 Å². The summed E-state index contributed by atoms with van der Waals surface area (Å²) in [5, 5.41) is 17.3. The van der Waals surface area contributed by atoms with Crippen LogP contribution in [-0.2, 0) is 21.2 Å². The number of thiazole rings is 2. The lowest BCUT2D eigenvalue weighted by Crippen LogP contribution is -2.36. The Morgan fingerprint density at radius 3 is 2.22 bits per heavy atom. The van der Waals surface area contributed by atoms with Crippen LogP contribution >= 0.6 is 22.7 Å². The van der Waals surface area contributed by atoms with Gasteiger partial charge in [0.25, 0.3) is 11.8 Å². The largest absolute Gasteiger partial charge is 0.360 e. The normalized spacial score (nSPS) is 19.2. The summed E-state index contributed by atoms with van der Waals surface area (Å²) in [4.78, 5) is 49.1. The number of carbonyl (C=O) groups excluding carboxylic acids is 3. The zero-order valence-electron chi connectivity index (χ0n) is 27.9. The van der Waals surface area contributed by atoms with Gasteiger partial charge in [0, 0.05) is 36.8 Å². The maximum atomic E-state index is 13.8. The molecular weight excluding hydrogens is 687 g/mol. The van der Waals surface area contributed by atoms with Gasteiger partial charge in [0.2, 0.25) is 15.9 Å². The zero-order valence-corrected chi connectivity index (χ0v) is 30.3. The van der Waals surface area contributed by atoms with Crippen LogP contribution < -0.4 is 16.0 Å². The molecule has 0 saturated carbocycles. The van der Waals surface area contributed by atoms with E-state index in [1.165, 1.54) is 27.0 Å². The second-order valence-electron chi connectivity index (χ2n) is 12.4. The Balaban J connectivity index is 1.44. The van der Waals surface area contributed by atoms with Crippen LogP contribution in [-0.4, -0.2) is 65.2 Å². The first-order valence-electron chi connectivity index (χ1n) is 16.2. The molecule has 3 N–H and O–H groups in total. The van der Waals surface area contributed by atoms with Crippen molar-refractivity contribution in [3.8, 4) is 0 Å². The van der Waals surface area contributed by atoms with E-state index in [0.29, 0.717) is 29.3 Å². The predicted octanol–water partition coefficient (Wildman–Crippen LogP) is 4.73. The van der Waals surface area contributed by atoms with E-state index in [2.05, 4.69) is 31.1 Å². The van der Waals surface area contributed by atoms with Crippen LogP contribution in [0.1, 0.15) is 99.6 Å². The number of nitrogens with one attached hydrogen (secondary N) is 3. The van der Waals surface area contributed by atoms with Crippen molar-refractivity contribution in [1.82, 2.24) is 35.4 Å². The average Bonchev–Trinajstić information content (AvgIpc) is 3.82. The Bertz CT molecular complexity index is 1850. The lowest BCUT2D eigenvalue weighted by atomic mass is 10.0. The molecule has 262 valence electrons. The molecule has 4 heterocycles. The molecule has 3 aromatic heterocycles. The molecule has 0 saturated heterocycles. The minimum absolute atomic E-state index is 0.00583. The Morgan fingerprint density at radius 1 is 0.918 bits per heavy atom. The number of hydrogen-bond donors (Lipinski definition) is 3. The number of sulfonamides is 1. The number of benzene rings is 1. The standard InChI is InChI=1S/C33H41N7O6S3/c1-20(2)16-24-32-38-27(19-48-32)31(43)36-25(17-23-10-6-5-7-11-23)33-37-26(18-47-33)30(42)34-13-9-15-40(14-8-12-28(41)35-24)49(44,45)29-21(3)39-46-22(29)4/h5-7,10-11,18-20,24-25H,8-9,12-17H2,1-4H3,(H,34,42)(H,35,41)(H,36,43)/t24-,25-/m0/s1. The fourth-order valence-corrected chi connectivity index (χ4v) is 9.15. The molecule has 0 radical (unpaired) electrons. The highest BCUT2D eigenvalue weighted by molar-refractivity contribution is 7.89. The van der Waals surface area contributed by atoms with Crippen molar-refractivity contribution in [3.05, 3.63) is 79.5 Å². The topological polar surface area (TPSA) is 176 Å². The Kier molecular flexibility index (Phi) is 12.0. The summed E-state index contributed by atoms with van der Waals surface area (Å²) in [5.74, 6) is -0.632. The molecule has 1 aliphatic rings. The van der Waals surface area contributed by atoms with Crippen molar-refractivity contribution >= 4 is 50.4 Å². The first-order chi connectivity index (χ1) is 23.4. The van der Waals surface area contributed by atoms with Crippen molar-refractivity contribution in [2.24, 2.45) is 5.92 Å². The van der Waals surface area contributed by atoms with Crippen LogP contribution in [0, 0.1) is 19.8 Å². The van der Waals surface area contributed by atoms with E-state index in [4.69, 9.17) is 4.52 Å². The molecule has 0 fully saturated rings. The first kappa shape index (κ1) is 36.3. The van der Waals surface area contributed by atoms with Gasteiger partial charge in [0.1, 0.15) is 32.0 Å². The van der Waals surface area contributed by atoms with Gasteiger partial charge in [-0.05, 0) is 51.0 Å². The van der Waals surface area contributed by atoms with Gasteiger partial charge < -0.3 is 20.5 Å². The van der Waals surface area contributed by atoms with Crippen LogP contribution in [0.5, 0.6) is 0 Å². The van der Waals surface area contributed by atoms with E-state index in [0.717, 1.165) is 5.56 Å². The first-order valence-corrected chi connectivity index (χ1v) is 19.4. The molecule has 1 aromatic carbocycles. The molecule has 0 unspecified atom stereocenters. The minimum atomic E-state index is -4.00. The van der Waals surface area contributed by atoms with Gasteiger partial charge in [-0.25, -0.2) is 18.4 Å². The van der Waals surface area contributed by atoms with Gasteiger partial charge in [-0.1, -0.05) is 49.3 Å². The highest BCUT2D eigenvalue weighted by Gasteiger charge is 2.31. The van der Waals surface area contributed by atoms with Crippen molar-refractivity contribution in [2.75, 3.05) is 19.6 Å². The van der Waals surface area contributed by atoms with Crippen LogP contribution in [0.3, 0.4) is 0 Å². The summed E-state index contributed by atoms with van der Waals surface area (Å²) in [6.07, 6.45) is 1.69. The van der Waals surface area contributed by atoms with Gasteiger partial charge in [-0.15, -0.1) is 22.7 Å². The molecule has 4 aromatic rings. The monoisotopic (exact) mass is 727 g/mol. The predicted molar refractivity (Wildman–Crippen MR) is 186 cm³/mol. The minimum Gasteiger partial charge on any atom is -0.360 e. The molecule has 1 aliphatic heterocycles. The molecule has 0 spiro atoms. The second kappa shape index (κ2) is 16.1. The Morgan fingerprint density at radius 2 is 1.57 bits per heavy atom. The number of rotatable bonds is 6. The Hall–Kier alpha value is -3.99. The maximum absolute atomic E-state index is 13.8. The third-order valence-corrected chi connectivity index (χ3v) is 12.0. The molecule has 5 rings (SSSR count). The lowest BCUT2D eigenvalue weighted by Gasteiger charge is -2.23. The van der Waals surface area contributed by atoms with Gasteiger partial charge >= 0.3 is 0 Å². The van der Waals surface area contributed by atoms with E-state index in [1.54, 1.807) is 24.6 Å². The number of aryl methyl sites for hydroxylation is 2. The zero-order chi connectivity index (χ0) is 35.1.